The van der Waals surface area contributed by atoms with Crippen molar-refractivity contribution >= 4 is 22.7 Å². The van der Waals surface area contributed by atoms with Crippen LogP contribution in [0.25, 0.3) is 5.57 Å². The molecule has 4 rings (SSSR count). The lowest BCUT2D eigenvalue weighted by Crippen LogP contribution is -2.36. The zero-order valence-electron chi connectivity index (χ0n) is 18.9. The molecular weight excluding hydrogens is 386 g/mol. The van der Waals surface area contributed by atoms with Crippen LogP contribution in [-0.4, -0.2) is 34.8 Å². The molecule has 1 fully saturated rings. The van der Waals surface area contributed by atoms with Crippen molar-refractivity contribution in [2.45, 2.75) is 71.8 Å². The van der Waals surface area contributed by atoms with Crippen LogP contribution in [0, 0.1) is 11.8 Å². The molecule has 0 N–H and O–H groups in total. The minimum absolute atomic E-state index is 0.317. The Kier molecular flexibility index (Phi) is 7.14. The predicted molar refractivity (Wildman–Crippen MR) is 130 cm³/mol. The minimum Gasteiger partial charge on any atom is -0.369 e. The second-order valence-corrected chi connectivity index (χ2v) is 10.2. The van der Waals surface area contributed by atoms with Crippen LogP contribution in [0.3, 0.4) is 0 Å². The molecule has 0 radical (unpaired) electrons. The van der Waals surface area contributed by atoms with Crippen molar-refractivity contribution in [2.24, 2.45) is 16.8 Å². The van der Waals surface area contributed by atoms with E-state index in [-0.39, 0.29) is 0 Å². The highest BCUT2D eigenvalue weighted by Gasteiger charge is 2.26. The molecule has 1 saturated heterocycles. The quantitative estimate of drug-likeness (QED) is 0.514. The topological polar surface area (TPSA) is 18.8 Å². The van der Waals surface area contributed by atoms with Gasteiger partial charge in [0, 0.05) is 25.5 Å². The molecule has 1 aromatic rings. The van der Waals surface area contributed by atoms with E-state index in [0.29, 0.717) is 12.0 Å². The number of fused-ring (bicyclic) bond motifs is 1. The van der Waals surface area contributed by atoms with E-state index in [1.165, 1.54) is 48.9 Å². The maximum atomic E-state index is 5.22. The maximum Gasteiger partial charge on any atom is 0.155 e. The normalized spacial score (nSPS) is 28.6. The van der Waals surface area contributed by atoms with Gasteiger partial charge in [-0.15, -0.1) is 0 Å². The number of allylic oxidation sites excluding steroid dienone is 2. The van der Waals surface area contributed by atoms with E-state index in [9.17, 15) is 0 Å². The Morgan fingerprint density at radius 3 is 2.70 bits per heavy atom. The van der Waals surface area contributed by atoms with Gasteiger partial charge in [-0.05, 0) is 78.8 Å². The van der Waals surface area contributed by atoms with Gasteiger partial charge in [-0.3, -0.25) is 4.99 Å². The third-order valence-electron chi connectivity index (χ3n) is 6.73. The Bertz CT molecular complexity index is 817. The molecule has 3 aliphatic rings. The van der Waals surface area contributed by atoms with Gasteiger partial charge < -0.3 is 9.80 Å². The van der Waals surface area contributed by atoms with Crippen LogP contribution < -0.4 is 0 Å². The molecule has 4 heterocycles. The molecule has 3 aliphatic heterocycles. The van der Waals surface area contributed by atoms with E-state index >= 15 is 0 Å². The third kappa shape index (κ3) is 5.08. The average molecular weight is 424 g/mol. The minimum atomic E-state index is 0.317. The molecule has 0 spiro atoms. The fourth-order valence-corrected chi connectivity index (χ4v) is 5.50. The summed E-state index contributed by atoms with van der Waals surface area (Å²) in [5.41, 5.74) is 4.12. The van der Waals surface area contributed by atoms with Gasteiger partial charge in [0.2, 0.25) is 0 Å². The van der Waals surface area contributed by atoms with Gasteiger partial charge in [0.15, 0.2) is 5.84 Å². The van der Waals surface area contributed by atoms with Crippen LogP contribution >= 0.6 is 11.3 Å². The fourth-order valence-electron chi connectivity index (χ4n) is 4.84. The van der Waals surface area contributed by atoms with Crippen LogP contribution in [0.15, 0.2) is 52.1 Å². The van der Waals surface area contributed by atoms with Crippen molar-refractivity contribution in [3.8, 4) is 0 Å². The summed E-state index contributed by atoms with van der Waals surface area (Å²) in [6.45, 7) is 9.33. The Labute approximate surface area is 186 Å². The first kappa shape index (κ1) is 21.4. The Morgan fingerprint density at radius 1 is 1.03 bits per heavy atom. The summed E-state index contributed by atoms with van der Waals surface area (Å²) >= 11 is 1.78. The molecule has 0 amide bonds. The number of rotatable bonds is 2. The van der Waals surface area contributed by atoms with Crippen molar-refractivity contribution in [1.82, 2.24) is 9.80 Å². The molecule has 3 unspecified atom stereocenters. The molecule has 3 atom stereocenters. The molecule has 0 aliphatic carbocycles. The SMILES string of the molecule is CC1CCCCN(C2=CCC(C)C(c3ccsc3)=CN3C=CCC(C)N=C23)CCC1. The Hall–Kier alpha value is -1.81. The van der Waals surface area contributed by atoms with Crippen molar-refractivity contribution in [3.63, 3.8) is 0 Å². The summed E-state index contributed by atoms with van der Waals surface area (Å²) in [5.74, 6) is 2.49. The van der Waals surface area contributed by atoms with Crippen LogP contribution in [-0.2, 0) is 0 Å². The summed E-state index contributed by atoms with van der Waals surface area (Å²) in [4.78, 5) is 10.2. The van der Waals surface area contributed by atoms with Gasteiger partial charge in [0.05, 0.1) is 11.7 Å². The van der Waals surface area contributed by atoms with Gasteiger partial charge in [-0.1, -0.05) is 38.8 Å². The Balaban J connectivity index is 1.70. The van der Waals surface area contributed by atoms with E-state index in [1.54, 1.807) is 11.3 Å². The van der Waals surface area contributed by atoms with E-state index in [1.807, 2.05) is 0 Å². The van der Waals surface area contributed by atoms with Crippen molar-refractivity contribution in [3.05, 3.63) is 52.6 Å². The molecule has 1 aromatic heterocycles. The summed E-state index contributed by atoms with van der Waals surface area (Å²) < 4.78 is 0. The number of amidine groups is 1. The monoisotopic (exact) mass is 423 g/mol. The van der Waals surface area contributed by atoms with E-state index in [2.05, 4.69) is 71.9 Å². The predicted octanol–water partition coefficient (Wildman–Crippen LogP) is 6.92. The highest BCUT2D eigenvalue weighted by atomic mass is 32.1. The van der Waals surface area contributed by atoms with E-state index in [4.69, 9.17) is 4.99 Å². The molecule has 30 heavy (non-hydrogen) atoms. The maximum absolute atomic E-state index is 5.22. The first-order chi connectivity index (χ1) is 14.6. The standard InChI is InChI=1S/C26H37N3S/c1-20-8-4-5-14-28(15-6-9-20)25-12-11-21(2)24(23-13-17-30-19-23)18-29-16-7-10-22(3)27-26(25)29/h7,12-13,16-22H,4-6,8-11,14-15H2,1-3H3. The second-order valence-electron chi connectivity index (χ2n) is 9.38. The third-order valence-corrected chi connectivity index (χ3v) is 7.41. The molecule has 4 heteroatoms. The molecule has 0 saturated carbocycles. The van der Waals surface area contributed by atoms with Crippen LogP contribution in [0.2, 0.25) is 0 Å². The number of thiophene rings is 1. The smallest absolute Gasteiger partial charge is 0.155 e. The van der Waals surface area contributed by atoms with Gasteiger partial charge in [0.25, 0.3) is 0 Å². The van der Waals surface area contributed by atoms with E-state index in [0.717, 1.165) is 37.7 Å². The number of aliphatic imine (C=N–C) groups is 1. The molecule has 162 valence electrons. The first-order valence-corrected chi connectivity index (χ1v) is 12.8. The summed E-state index contributed by atoms with van der Waals surface area (Å²) in [6, 6.07) is 2.57. The van der Waals surface area contributed by atoms with Gasteiger partial charge >= 0.3 is 0 Å². The summed E-state index contributed by atoms with van der Waals surface area (Å²) in [7, 11) is 0. The lowest BCUT2D eigenvalue weighted by Gasteiger charge is -2.34. The Morgan fingerprint density at radius 2 is 1.87 bits per heavy atom. The number of hydrogen-bond donors (Lipinski definition) is 0. The van der Waals surface area contributed by atoms with E-state index < -0.39 is 0 Å². The first-order valence-electron chi connectivity index (χ1n) is 11.8. The molecular formula is C26H37N3S. The number of hydrogen-bond acceptors (Lipinski definition) is 4. The highest BCUT2D eigenvalue weighted by molar-refractivity contribution is 7.08. The molecule has 0 bridgehead atoms. The van der Waals surface area contributed by atoms with Crippen LogP contribution in [0.5, 0.6) is 0 Å². The molecule has 3 nitrogen and oxygen atoms in total. The number of nitrogens with zero attached hydrogens (tertiary/aromatic N) is 3. The van der Waals surface area contributed by atoms with Gasteiger partial charge in [0.1, 0.15) is 0 Å². The van der Waals surface area contributed by atoms with Crippen molar-refractivity contribution in [2.75, 3.05) is 13.1 Å². The lowest BCUT2D eigenvalue weighted by molar-refractivity contribution is 0.342. The highest BCUT2D eigenvalue weighted by Crippen LogP contribution is 2.33. The van der Waals surface area contributed by atoms with Crippen molar-refractivity contribution < 1.29 is 0 Å². The summed E-state index contributed by atoms with van der Waals surface area (Å²) in [6.07, 6.45) is 18.1. The fraction of sp³-hybridized carbons (Fsp3) is 0.577. The lowest BCUT2D eigenvalue weighted by atomic mass is 9.92. The average Bonchev–Trinajstić information content (AvgIpc) is 3.21. The van der Waals surface area contributed by atoms with Crippen LogP contribution in [0.1, 0.15) is 71.3 Å². The summed E-state index contributed by atoms with van der Waals surface area (Å²) in [5, 5.41) is 4.46. The zero-order chi connectivity index (χ0) is 20.9. The molecule has 0 aromatic carbocycles. The van der Waals surface area contributed by atoms with Gasteiger partial charge in [-0.25, -0.2) is 0 Å². The van der Waals surface area contributed by atoms with Crippen molar-refractivity contribution in [1.29, 1.82) is 0 Å². The largest absolute Gasteiger partial charge is 0.369 e. The van der Waals surface area contributed by atoms with Gasteiger partial charge in [-0.2, -0.15) is 11.3 Å². The second kappa shape index (κ2) is 10.00. The van der Waals surface area contributed by atoms with Crippen LogP contribution in [0.4, 0.5) is 0 Å². The zero-order valence-corrected chi connectivity index (χ0v) is 19.7.